The molecule has 2 fully saturated rings. The maximum Gasteiger partial charge on any atom is 0.166 e. The monoisotopic (exact) mass is 397 g/mol. The minimum Gasteiger partial charge on any atom is -0.486 e. The number of hydrogen-bond donors (Lipinski definition) is 3. The fourth-order valence-corrected chi connectivity index (χ4v) is 4.86. The lowest BCUT2D eigenvalue weighted by Gasteiger charge is -2.27. The molecule has 0 saturated heterocycles. The predicted octanol–water partition coefficient (Wildman–Crippen LogP) is 2.49. The Morgan fingerprint density at radius 1 is 1.07 bits per heavy atom. The molecule has 3 N–H and O–H groups in total. The zero-order valence-corrected chi connectivity index (χ0v) is 16.8. The van der Waals surface area contributed by atoms with Crippen LogP contribution in [-0.2, 0) is 13.0 Å². The highest BCUT2D eigenvalue weighted by atomic mass is 16.5. The SMILES string of the molecule is OC[C@@H]1[C@@H](Cc2ccnc(COc3ccccc3)n2)[C@H](NC2CCCC2)C[C@H]1O. The molecule has 0 aliphatic heterocycles. The van der Waals surface area contributed by atoms with Crippen molar-refractivity contribution in [2.45, 2.75) is 63.3 Å². The Morgan fingerprint density at radius 3 is 2.62 bits per heavy atom. The van der Waals surface area contributed by atoms with Gasteiger partial charge in [0.1, 0.15) is 12.4 Å². The first-order valence-corrected chi connectivity index (χ1v) is 10.8. The van der Waals surface area contributed by atoms with Gasteiger partial charge in [0, 0.05) is 36.5 Å². The third kappa shape index (κ3) is 5.13. The lowest BCUT2D eigenvalue weighted by atomic mass is 9.88. The zero-order valence-electron chi connectivity index (χ0n) is 16.8. The van der Waals surface area contributed by atoms with E-state index in [1.807, 2.05) is 36.4 Å². The Kier molecular flexibility index (Phi) is 6.74. The van der Waals surface area contributed by atoms with Gasteiger partial charge in [-0.1, -0.05) is 31.0 Å². The molecule has 29 heavy (non-hydrogen) atoms. The molecule has 2 aromatic rings. The number of ether oxygens (including phenoxy) is 1. The van der Waals surface area contributed by atoms with Crippen molar-refractivity contribution < 1.29 is 14.9 Å². The molecule has 2 saturated carbocycles. The van der Waals surface area contributed by atoms with Crippen LogP contribution in [-0.4, -0.2) is 45.0 Å². The van der Waals surface area contributed by atoms with Crippen molar-refractivity contribution in [1.82, 2.24) is 15.3 Å². The van der Waals surface area contributed by atoms with Crippen LogP contribution in [0.1, 0.15) is 43.6 Å². The molecule has 0 spiro atoms. The van der Waals surface area contributed by atoms with E-state index in [1.165, 1.54) is 25.7 Å². The fourth-order valence-electron chi connectivity index (χ4n) is 4.86. The van der Waals surface area contributed by atoms with E-state index in [4.69, 9.17) is 4.74 Å². The number of aromatic nitrogens is 2. The second-order valence-corrected chi connectivity index (χ2v) is 8.34. The second kappa shape index (κ2) is 9.65. The van der Waals surface area contributed by atoms with Crippen molar-refractivity contribution in [3.63, 3.8) is 0 Å². The highest BCUT2D eigenvalue weighted by molar-refractivity contribution is 5.21. The molecule has 1 aromatic carbocycles. The smallest absolute Gasteiger partial charge is 0.166 e. The lowest BCUT2D eigenvalue weighted by Crippen LogP contribution is -2.41. The average molecular weight is 398 g/mol. The molecule has 2 aliphatic rings. The van der Waals surface area contributed by atoms with E-state index in [-0.39, 0.29) is 24.5 Å². The van der Waals surface area contributed by atoms with Gasteiger partial charge < -0.3 is 20.3 Å². The normalized spacial score (nSPS) is 27.4. The largest absolute Gasteiger partial charge is 0.486 e. The van der Waals surface area contributed by atoms with Crippen LogP contribution in [0.2, 0.25) is 0 Å². The number of para-hydroxylation sites is 1. The summed E-state index contributed by atoms with van der Waals surface area (Å²) in [5.41, 5.74) is 0.933. The number of hydrogen-bond acceptors (Lipinski definition) is 6. The molecule has 1 heterocycles. The molecule has 156 valence electrons. The Hall–Kier alpha value is -2.02. The van der Waals surface area contributed by atoms with Gasteiger partial charge in [0.2, 0.25) is 0 Å². The highest BCUT2D eigenvalue weighted by Gasteiger charge is 2.43. The van der Waals surface area contributed by atoms with E-state index in [9.17, 15) is 10.2 Å². The van der Waals surface area contributed by atoms with Crippen LogP contribution in [0.25, 0.3) is 0 Å². The molecular weight excluding hydrogens is 366 g/mol. The van der Waals surface area contributed by atoms with Crippen LogP contribution >= 0.6 is 0 Å². The van der Waals surface area contributed by atoms with Crippen molar-refractivity contribution in [1.29, 1.82) is 0 Å². The van der Waals surface area contributed by atoms with Gasteiger partial charge >= 0.3 is 0 Å². The van der Waals surface area contributed by atoms with E-state index in [2.05, 4.69) is 15.3 Å². The molecule has 0 amide bonds. The first-order chi connectivity index (χ1) is 14.2. The summed E-state index contributed by atoms with van der Waals surface area (Å²) in [5, 5.41) is 24.1. The Bertz CT molecular complexity index is 767. The highest BCUT2D eigenvalue weighted by Crippen LogP contribution is 2.36. The third-order valence-electron chi connectivity index (χ3n) is 6.39. The molecule has 0 unspecified atom stereocenters. The molecule has 6 nitrogen and oxygen atoms in total. The quantitative estimate of drug-likeness (QED) is 0.634. The number of nitrogens with zero attached hydrogens (tertiary/aromatic N) is 2. The van der Waals surface area contributed by atoms with Gasteiger partial charge in [0.05, 0.1) is 6.10 Å². The van der Waals surface area contributed by atoms with Gasteiger partial charge in [0.15, 0.2) is 5.82 Å². The molecule has 0 bridgehead atoms. The fraction of sp³-hybridized carbons (Fsp3) is 0.565. The Morgan fingerprint density at radius 2 is 1.86 bits per heavy atom. The summed E-state index contributed by atoms with van der Waals surface area (Å²) in [4.78, 5) is 9.02. The molecular formula is C23H31N3O3. The number of aliphatic hydroxyl groups excluding tert-OH is 2. The van der Waals surface area contributed by atoms with Crippen LogP contribution in [0.15, 0.2) is 42.6 Å². The van der Waals surface area contributed by atoms with Gasteiger partial charge in [0.25, 0.3) is 0 Å². The zero-order chi connectivity index (χ0) is 20.1. The van der Waals surface area contributed by atoms with Crippen LogP contribution in [0.4, 0.5) is 0 Å². The van der Waals surface area contributed by atoms with E-state index in [1.54, 1.807) is 6.20 Å². The minimum absolute atomic E-state index is 0.00371. The minimum atomic E-state index is -0.466. The van der Waals surface area contributed by atoms with Crippen molar-refractivity contribution in [3.8, 4) is 5.75 Å². The van der Waals surface area contributed by atoms with Crippen molar-refractivity contribution in [2.24, 2.45) is 11.8 Å². The predicted molar refractivity (Wildman–Crippen MR) is 110 cm³/mol. The molecule has 4 atom stereocenters. The number of benzene rings is 1. The van der Waals surface area contributed by atoms with Crippen molar-refractivity contribution in [2.75, 3.05) is 6.61 Å². The number of nitrogens with one attached hydrogen (secondary N) is 1. The van der Waals surface area contributed by atoms with E-state index >= 15 is 0 Å². The van der Waals surface area contributed by atoms with Crippen LogP contribution in [0, 0.1) is 11.8 Å². The maximum atomic E-state index is 10.5. The molecule has 2 aliphatic carbocycles. The van der Waals surface area contributed by atoms with E-state index < -0.39 is 6.10 Å². The molecule has 0 radical (unpaired) electrons. The number of aliphatic hydroxyl groups is 2. The standard InChI is InChI=1S/C23H31N3O3/c27-14-20-19(21(13-22(20)28)25-16-6-4-5-7-16)12-17-10-11-24-23(26-17)15-29-18-8-2-1-3-9-18/h1-3,8-11,16,19-22,25,27-28H,4-7,12-15H2/t19-,20-,21-,22-/m1/s1. The second-order valence-electron chi connectivity index (χ2n) is 8.34. The van der Waals surface area contributed by atoms with E-state index in [0.717, 1.165) is 11.4 Å². The van der Waals surface area contributed by atoms with E-state index in [0.29, 0.717) is 31.3 Å². The average Bonchev–Trinajstić information content (AvgIpc) is 3.35. The third-order valence-corrected chi connectivity index (χ3v) is 6.39. The van der Waals surface area contributed by atoms with Gasteiger partial charge in [-0.25, -0.2) is 9.97 Å². The summed E-state index contributed by atoms with van der Waals surface area (Å²) in [6.07, 6.45) is 7.68. The summed E-state index contributed by atoms with van der Waals surface area (Å²) < 4.78 is 5.77. The summed E-state index contributed by atoms with van der Waals surface area (Å²) >= 11 is 0. The van der Waals surface area contributed by atoms with Crippen molar-refractivity contribution >= 4 is 0 Å². The van der Waals surface area contributed by atoms with Gasteiger partial charge in [-0.2, -0.15) is 0 Å². The van der Waals surface area contributed by atoms with Gasteiger partial charge in [-0.15, -0.1) is 0 Å². The Labute approximate surface area is 172 Å². The summed E-state index contributed by atoms with van der Waals surface area (Å²) in [7, 11) is 0. The van der Waals surface area contributed by atoms with Crippen LogP contribution in [0.5, 0.6) is 5.75 Å². The maximum absolute atomic E-state index is 10.5. The summed E-state index contributed by atoms with van der Waals surface area (Å²) in [6, 6.07) is 12.3. The summed E-state index contributed by atoms with van der Waals surface area (Å²) in [6.45, 7) is 0.321. The lowest BCUT2D eigenvalue weighted by molar-refractivity contribution is 0.0715. The molecule has 6 heteroatoms. The Balaban J connectivity index is 1.42. The van der Waals surface area contributed by atoms with Crippen LogP contribution in [0.3, 0.4) is 0 Å². The van der Waals surface area contributed by atoms with Crippen molar-refractivity contribution in [3.05, 3.63) is 54.1 Å². The van der Waals surface area contributed by atoms with Gasteiger partial charge in [-0.3, -0.25) is 0 Å². The first-order valence-electron chi connectivity index (χ1n) is 10.8. The van der Waals surface area contributed by atoms with Gasteiger partial charge in [-0.05, 0) is 49.8 Å². The molecule has 4 rings (SSSR count). The molecule has 1 aromatic heterocycles. The first kappa shape index (κ1) is 20.3. The topological polar surface area (TPSA) is 87.5 Å². The van der Waals surface area contributed by atoms with Crippen LogP contribution < -0.4 is 10.1 Å². The number of rotatable bonds is 8. The summed E-state index contributed by atoms with van der Waals surface area (Å²) in [5.74, 6) is 1.48.